The molecule has 0 aliphatic heterocycles. The van der Waals surface area contributed by atoms with Gasteiger partial charge in [0.05, 0.1) is 11.4 Å². The number of rotatable bonds is 8. The van der Waals surface area contributed by atoms with Crippen molar-refractivity contribution in [2.24, 2.45) is 13.0 Å². The second kappa shape index (κ2) is 10.9. The average molecular weight is 573 g/mol. The smallest absolute Gasteiger partial charge is 0.241 e. The molecule has 41 heavy (non-hydrogen) atoms. The van der Waals surface area contributed by atoms with E-state index in [4.69, 9.17) is 0 Å². The number of sulfonamides is 1. The molecule has 3 aromatic carbocycles. The molecule has 1 fully saturated rings. The van der Waals surface area contributed by atoms with Crippen LogP contribution in [0.4, 0.5) is 10.1 Å². The minimum atomic E-state index is -3.73. The van der Waals surface area contributed by atoms with Crippen LogP contribution >= 0.6 is 0 Å². The van der Waals surface area contributed by atoms with Crippen molar-refractivity contribution in [1.82, 2.24) is 14.3 Å². The third-order valence-corrected chi connectivity index (χ3v) is 9.76. The maximum Gasteiger partial charge on any atom is 0.241 e. The lowest BCUT2D eigenvalue weighted by Crippen LogP contribution is -2.34. The van der Waals surface area contributed by atoms with E-state index in [1.54, 1.807) is 47.5 Å². The highest BCUT2D eigenvalue weighted by Crippen LogP contribution is 2.49. The van der Waals surface area contributed by atoms with Crippen LogP contribution in [0.2, 0.25) is 0 Å². The first-order chi connectivity index (χ1) is 19.7. The maximum absolute atomic E-state index is 14.0. The predicted octanol–water partition coefficient (Wildman–Crippen LogP) is 5.56. The Hall–Kier alpha value is -3.82. The van der Waals surface area contributed by atoms with Gasteiger partial charge in [0.15, 0.2) is 0 Å². The lowest BCUT2D eigenvalue weighted by atomic mass is 9.87. The number of benzene rings is 3. The van der Waals surface area contributed by atoms with Crippen molar-refractivity contribution >= 4 is 21.6 Å². The highest BCUT2D eigenvalue weighted by molar-refractivity contribution is 7.89. The molecular formula is C32H33FN4O3S. The van der Waals surface area contributed by atoms with Crippen LogP contribution in [0.1, 0.15) is 59.3 Å². The molecule has 2 aliphatic carbocycles. The van der Waals surface area contributed by atoms with Crippen molar-refractivity contribution < 1.29 is 17.6 Å². The molecule has 7 nitrogen and oxygen atoms in total. The Labute approximate surface area is 240 Å². The fourth-order valence-corrected chi connectivity index (χ4v) is 7.03. The van der Waals surface area contributed by atoms with Crippen molar-refractivity contribution in [1.29, 1.82) is 0 Å². The number of aromatic nitrogens is 2. The average Bonchev–Trinajstić information content (AvgIpc) is 3.66. The van der Waals surface area contributed by atoms with Crippen LogP contribution in [0, 0.1) is 18.7 Å². The summed E-state index contributed by atoms with van der Waals surface area (Å²) in [5.74, 6) is 0.253. The van der Waals surface area contributed by atoms with Crippen molar-refractivity contribution in [2.75, 3.05) is 4.90 Å². The number of aryl methyl sites for hydroxylation is 3. The van der Waals surface area contributed by atoms with E-state index in [0.29, 0.717) is 18.5 Å². The summed E-state index contributed by atoms with van der Waals surface area (Å²) in [5.41, 5.74) is 4.64. The van der Waals surface area contributed by atoms with Gasteiger partial charge < -0.3 is 9.47 Å². The van der Waals surface area contributed by atoms with Crippen LogP contribution in [-0.4, -0.2) is 23.9 Å². The third kappa shape index (κ3) is 5.69. The number of halogens is 1. The van der Waals surface area contributed by atoms with Gasteiger partial charge in [-0.1, -0.05) is 35.9 Å². The number of nitrogens with one attached hydrogen (secondary N) is 1. The second-order valence-corrected chi connectivity index (χ2v) is 12.9. The quantitative estimate of drug-likeness (QED) is 0.300. The molecule has 1 aromatic heterocycles. The lowest BCUT2D eigenvalue weighted by molar-refractivity contribution is -0.120. The molecule has 1 N–H and O–H groups in total. The summed E-state index contributed by atoms with van der Waals surface area (Å²) in [4.78, 5) is 20.4. The minimum absolute atomic E-state index is 0.0186. The zero-order chi connectivity index (χ0) is 28.7. The molecule has 1 amide bonds. The first-order valence-electron chi connectivity index (χ1n) is 13.9. The van der Waals surface area contributed by atoms with Crippen LogP contribution in [-0.2, 0) is 34.8 Å². The van der Waals surface area contributed by atoms with Gasteiger partial charge in [-0.05, 0) is 91.6 Å². The molecular weight excluding hydrogens is 539 g/mol. The normalized spacial score (nSPS) is 19.9. The zero-order valence-corrected chi connectivity index (χ0v) is 23.9. The van der Waals surface area contributed by atoms with Gasteiger partial charge >= 0.3 is 0 Å². The molecule has 1 saturated carbocycles. The molecule has 9 heteroatoms. The number of amides is 1. The number of hydrogen-bond donors (Lipinski definition) is 1. The monoisotopic (exact) mass is 572 g/mol. The summed E-state index contributed by atoms with van der Waals surface area (Å²) < 4.78 is 44.9. The molecule has 0 radical (unpaired) electrons. The van der Waals surface area contributed by atoms with E-state index in [1.807, 2.05) is 42.9 Å². The Balaban J connectivity index is 1.31. The summed E-state index contributed by atoms with van der Waals surface area (Å²) in [6.07, 6.45) is 6.64. The Morgan fingerprint density at radius 1 is 1.10 bits per heavy atom. The highest BCUT2D eigenvalue weighted by Gasteiger charge is 2.46. The molecule has 0 bridgehead atoms. The molecule has 2 aliphatic rings. The van der Waals surface area contributed by atoms with Crippen LogP contribution in [0.5, 0.6) is 0 Å². The largest absolute Gasteiger partial charge is 0.337 e. The van der Waals surface area contributed by atoms with Gasteiger partial charge in [0, 0.05) is 37.1 Å². The SMILES string of the molecule is Cc1ccc(S(=O)(=O)N[C@@H]2CCCc3ccc(N(Cc4nccn4C)C(=O)[C@@H]4C[C@@H]4c4ccc(F)cc4)cc32)cc1. The van der Waals surface area contributed by atoms with Crippen molar-refractivity contribution in [3.63, 3.8) is 0 Å². The topological polar surface area (TPSA) is 84.3 Å². The molecule has 4 aromatic rings. The number of hydrogen-bond acceptors (Lipinski definition) is 4. The Morgan fingerprint density at radius 2 is 1.85 bits per heavy atom. The third-order valence-electron chi connectivity index (χ3n) is 8.28. The van der Waals surface area contributed by atoms with Gasteiger partial charge in [-0.3, -0.25) is 4.79 Å². The zero-order valence-electron chi connectivity index (χ0n) is 23.1. The fourth-order valence-electron chi connectivity index (χ4n) is 5.78. The summed E-state index contributed by atoms with van der Waals surface area (Å²) in [6, 6.07) is 18.7. The second-order valence-electron chi connectivity index (χ2n) is 11.1. The van der Waals surface area contributed by atoms with Crippen molar-refractivity contribution in [2.45, 2.75) is 56.0 Å². The summed E-state index contributed by atoms with van der Waals surface area (Å²) in [6.45, 7) is 2.21. The van der Waals surface area contributed by atoms with Gasteiger partial charge in [-0.2, -0.15) is 0 Å². The maximum atomic E-state index is 14.0. The van der Waals surface area contributed by atoms with E-state index in [0.717, 1.165) is 40.9 Å². The standard InChI is InChI=1S/C32H33FN4O3S/c1-21-6-14-26(15-7-21)41(39,40)35-30-5-3-4-22-10-13-25(18-28(22)30)37(20-31-34-16-17-36(31)2)32(38)29-19-27(29)23-8-11-24(33)12-9-23/h6-18,27,29-30,35H,3-5,19-20H2,1-2H3/t27-,29-,30-/m1/s1. The van der Waals surface area contributed by atoms with Gasteiger partial charge in [0.2, 0.25) is 15.9 Å². The van der Waals surface area contributed by atoms with E-state index in [-0.39, 0.29) is 35.0 Å². The molecule has 212 valence electrons. The van der Waals surface area contributed by atoms with Gasteiger partial charge in [-0.25, -0.2) is 22.5 Å². The fraction of sp³-hybridized carbons (Fsp3) is 0.312. The summed E-state index contributed by atoms with van der Waals surface area (Å²) >= 11 is 0. The minimum Gasteiger partial charge on any atom is -0.337 e. The number of anilines is 1. The van der Waals surface area contributed by atoms with E-state index < -0.39 is 16.1 Å². The van der Waals surface area contributed by atoms with Gasteiger partial charge in [0.1, 0.15) is 11.6 Å². The molecule has 3 atom stereocenters. The molecule has 1 heterocycles. The Kier molecular flexibility index (Phi) is 7.25. The Bertz CT molecular complexity index is 1680. The van der Waals surface area contributed by atoms with Crippen molar-refractivity contribution in [3.05, 3.63) is 113 Å². The van der Waals surface area contributed by atoms with Crippen LogP contribution in [0.25, 0.3) is 0 Å². The molecule has 0 saturated heterocycles. The number of carbonyl (C=O) groups is 1. The van der Waals surface area contributed by atoms with Gasteiger partial charge in [-0.15, -0.1) is 0 Å². The first-order valence-corrected chi connectivity index (χ1v) is 15.4. The van der Waals surface area contributed by atoms with Crippen LogP contribution in [0.3, 0.4) is 0 Å². The van der Waals surface area contributed by atoms with E-state index in [9.17, 15) is 17.6 Å². The first kappa shape index (κ1) is 27.4. The van der Waals surface area contributed by atoms with E-state index >= 15 is 0 Å². The lowest BCUT2D eigenvalue weighted by Gasteiger charge is -2.29. The number of imidazole rings is 1. The summed E-state index contributed by atoms with van der Waals surface area (Å²) in [5, 5.41) is 0. The molecule has 0 spiro atoms. The van der Waals surface area contributed by atoms with E-state index in [2.05, 4.69) is 9.71 Å². The number of fused-ring (bicyclic) bond motifs is 1. The van der Waals surface area contributed by atoms with Gasteiger partial charge in [0.25, 0.3) is 0 Å². The summed E-state index contributed by atoms with van der Waals surface area (Å²) in [7, 11) is -1.84. The number of carbonyl (C=O) groups excluding carboxylic acids is 1. The Morgan fingerprint density at radius 3 is 2.56 bits per heavy atom. The highest BCUT2D eigenvalue weighted by atomic mass is 32.2. The molecule has 0 unspecified atom stereocenters. The van der Waals surface area contributed by atoms with Crippen LogP contribution < -0.4 is 9.62 Å². The van der Waals surface area contributed by atoms with Crippen LogP contribution in [0.15, 0.2) is 84.0 Å². The molecule has 6 rings (SSSR count). The number of nitrogens with zero attached hydrogens (tertiary/aromatic N) is 3. The van der Waals surface area contributed by atoms with E-state index in [1.165, 1.54) is 12.1 Å². The van der Waals surface area contributed by atoms with Crippen molar-refractivity contribution in [3.8, 4) is 0 Å². The predicted molar refractivity (Wildman–Crippen MR) is 155 cm³/mol.